The molecule has 0 saturated heterocycles. The van der Waals surface area contributed by atoms with Gasteiger partial charge >= 0.3 is 12.2 Å². The van der Waals surface area contributed by atoms with Gasteiger partial charge < -0.3 is 0 Å². The maximum absolute atomic E-state index is 12.9. The molecule has 5 nitrogen and oxygen atoms in total. The summed E-state index contributed by atoms with van der Waals surface area (Å²) in [5.74, 6) is 0. The van der Waals surface area contributed by atoms with Crippen LogP contribution in [0.25, 0.3) is 11.1 Å². The summed E-state index contributed by atoms with van der Waals surface area (Å²) < 4.78 is 39.7. The van der Waals surface area contributed by atoms with Crippen molar-refractivity contribution in [2.45, 2.75) is 13.1 Å². The smallest absolute Gasteiger partial charge is 0.244 e. The first-order chi connectivity index (χ1) is 13.3. The fraction of sp³-hybridized carbons (Fsp3) is 0.100. The molecule has 4 rings (SSSR count). The van der Waals surface area contributed by atoms with Gasteiger partial charge in [0.05, 0.1) is 22.9 Å². The fourth-order valence-electron chi connectivity index (χ4n) is 3.16. The molecule has 0 radical (unpaired) electrons. The summed E-state index contributed by atoms with van der Waals surface area (Å²) in [5, 5.41) is 13.1. The minimum absolute atomic E-state index is 0.366. The van der Waals surface area contributed by atoms with E-state index in [0.29, 0.717) is 39.4 Å². The summed E-state index contributed by atoms with van der Waals surface area (Å²) >= 11 is 0. The first-order valence-corrected chi connectivity index (χ1v) is 8.21. The summed E-state index contributed by atoms with van der Waals surface area (Å²) in [6.45, 7) is 1.68. The van der Waals surface area contributed by atoms with E-state index >= 15 is 0 Å². The average molecular weight is 380 g/mol. The fourth-order valence-corrected chi connectivity index (χ4v) is 3.16. The zero-order valence-corrected chi connectivity index (χ0v) is 14.4. The van der Waals surface area contributed by atoms with E-state index in [4.69, 9.17) is 5.26 Å². The van der Waals surface area contributed by atoms with Crippen molar-refractivity contribution < 1.29 is 18.0 Å². The number of alkyl halides is 3. The van der Waals surface area contributed by atoms with Crippen LogP contribution >= 0.6 is 0 Å². The monoisotopic (exact) mass is 380 g/mol. The van der Waals surface area contributed by atoms with E-state index in [1.54, 1.807) is 31.2 Å². The maximum atomic E-state index is 12.9. The second-order valence-corrected chi connectivity index (χ2v) is 6.23. The second-order valence-electron chi connectivity index (χ2n) is 6.23. The topological polar surface area (TPSA) is 71.0 Å². The molecule has 0 fully saturated rings. The maximum Gasteiger partial charge on any atom is 0.416 e. The van der Waals surface area contributed by atoms with Crippen molar-refractivity contribution >= 4 is 11.7 Å². The van der Waals surface area contributed by atoms with Crippen LogP contribution in [0.15, 0.2) is 53.5 Å². The molecule has 3 aromatic rings. The molecular weight excluding hydrogens is 369 g/mol. The van der Waals surface area contributed by atoms with E-state index in [9.17, 15) is 18.0 Å². The minimum atomic E-state index is -4.43. The van der Waals surface area contributed by atoms with E-state index < -0.39 is 17.8 Å². The number of halogens is 3. The number of rotatable bonds is 2. The largest absolute Gasteiger partial charge is 0.416 e. The van der Waals surface area contributed by atoms with Crippen molar-refractivity contribution in [3.63, 3.8) is 0 Å². The van der Waals surface area contributed by atoms with E-state index in [-0.39, 0.29) is 0 Å². The zero-order valence-electron chi connectivity index (χ0n) is 14.4. The highest BCUT2D eigenvalue weighted by Gasteiger charge is 2.33. The lowest BCUT2D eigenvalue weighted by Crippen LogP contribution is -2.07. The number of nitriles is 1. The molecule has 1 amide bonds. The van der Waals surface area contributed by atoms with Crippen molar-refractivity contribution in [2.75, 3.05) is 0 Å². The molecule has 8 heteroatoms. The number of aliphatic imine (C=N–C) groups is 1. The van der Waals surface area contributed by atoms with Crippen molar-refractivity contribution in [3.05, 3.63) is 76.6 Å². The number of aryl methyl sites for hydroxylation is 1. The Morgan fingerprint density at radius 3 is 2.18 bits per heavy atom. The molecule has 1 aliphatic rings. The Bertz CT molecular complexity index is 1160. The molecule has 1 aliphatic heterocycles. The molecular formula is C20H11F3N4O. The third-order valence-electron chi connectivity index (χ3n) is 4.46. The first kappa shape index (κ1) is 17.7. The van der Waals surface area contributed by atoms with E-state index in [1.807, 2.05) is 6.07 Å². The van der Waals surface area contributed by atoms with Crippen LogP contribution in [0.5, 0.6) is 0 Å². The van der Waals surface area contributed by atoms with Gasteiger partial charge in [0.15, 0.2) is 0 Å². The number of hydrogen-bond acceptors (Lipinski definition) is 3. The standard InChI is InChI=1S/C20H11F3N4O/c1-11-16(13-6-8-15(9-7-13)20(21,22)23)18-17(25-19(28)27(18)26-11)14-4-2-12(10-24)3-5-14/h2-9H,1H3. The van der Waals surface area contributed by atoms with Crippen LogP contribution in [-0.2, 0) is 6.18 Å². The predicted molar refractivity (Wildman–Crippen MR) is 95.0 cm³/mol. The van der Waals surface area contributed by atoms with Crippen LogP contribution in [0.4, 0.5) is 18.0 Å². The summed E-state index contributed by atoms with van der Waals surface area (Å²) in [4.78, 5) is 16.3. The van der Waals surface area contributed by atoms with Crippen molar-refractivity contribution in [2.24, 2.45) is 4.99 Å². The SMILES string of the molecule is Cc1nn2c(c1-c1ccc(C(F)(F)F)cc1)C(c1ccc(C#N)cc1)=NC2=O. The van der Waals surface area contributed by atoms with Gasteiger partial charge in [0.1, 0.15) is 11.4 Å². The summed E-state index contributed by atoms with van der Waals surface area (Å²) in [5.41, 5.74) is 2.65. The van der Waals surface area contributed by atoms with Gasteiger partial charge in [-0.2, -0.15) is 33.2 Å². The Kier molecular flexibility index (Phi) is 3.89. The third-order valence-corrected chi connectivity index (χ3v) is 4.46. The highest BCUT2D eigenvalue weighted by molar-refractivity contribution is 6.23. The number of aromatic nitrogens is 2. The zero-order chi connectivity index (χ0) is 20.1. The van der Waals surface area contributed by atoms with E-state index in [0.717, 1.165) is 16.8 Å². The third kappa shape index (κ3) is 2.77. The van der Waals surface area contributed by atoms with Gasteiger partial charge in [-0.3, -0.25) is 0 Å². The summed E-state index contributed by atoms with van der Waals surface area (Å²) in [6, 6.07) is 12.7. The van der Waals surface area contributed by atoms with Crippen LogP contribution in [-0.4, -0.2) is 21.5 Å². The quantitative estimate of drug-likeness (QED) is 0.654. The minimum Gasteiger partial charge on any atom is -0.244 e. The number of fused-ring (bicyclic) bond motifs is 1. The van der Waals surface area contributed by atoms with Crippen molar-refractivity contribution in [1.82, 2.24) is 9.78 Å². The van der Waals surface area contributed by atoms with Crippen molar-refractivity contribution in [3.8, 4) is 17.2 Å². The molecule has 138 valence electrons. The Morgan fingerprint density at radius 2 is 1.61 bits per heavy atom. The Labute approximate surface area is 157 Å². The molecule has 0 unspecified atom stereocenters. The van der Waals surface area contributed by atoms with Gasteiger partial charge in [-0.25, -0.2) is 4.79 Å². The summed E-state index contributed by atoms with van der Waals surface area (Å²) in [7, 11) is 0. The molecule has 1 aromatic heterocycles. The number of nitrogens with zero attached hydrogens (tertiary/aromatic N) is 4. The summed E-state index contributed by atoms with van der Waals surface area (Å²) in [6.07, 6.45) is -4.43. The molecule has 0 atom stereocenters. The number of carbonyl (C=O) groups is 1. The molecule has 2 aromatic carbocycles. The van der Waals surface area contributed by atoms with Gasteiger partial charge in [-0.1, -0.05) is 24.3 Å². The van der Waals surface area contributed by atoms with E-state index in [1.165, 1.54) is 12.1 Å². The Balaban J connectivity index is 1.84. The van der Waals surface area contributed by atoms with Gasteiger partial charge in [0, 0.05) is 11.1 Å². The van der Waals surface area contributed by atoms with Gasteiger partial charge in [-0.15, -0.1) is 0 Å². The van der Waals surface area contributed by atoms with Crippen LogP contribution in [0.3, 0.4) is 0 Å². The highest BCUT2D eigenvalue weighted by atomic mass is 19.4. The molecule has 0 saturated carbocycles. The lowest BCUT2D eigenvalue weighted by molar-refractivity contribution is -0.137. The number of benzene rings is 2. The Morgan fingerprint density at radius 1 is 1.00 bits per heavy atom. The predicted octanol–water partition coefficient (Wildman–Crippen LogP) is 4.57. The molecule has 0 spiro atoms. The highest BCUT2D eigenvalue weighted by Crippen LogP contribution is 2.35. The van der Waals surface area contributed by atoms with Crippen molar-refractivity contribution in [1.29, 1.82) is 5.26 Å². The van der Waals surface area contributed by atoms with Gasteiger partial charge in [-0.05, 0) is 36.8 Å². The normalized spacial score (nSPS) is 13.2. The molecule has 0 bridgehead atoms. The second kappa shape index (κ2) is 6.16. The van der Waals surface area contributed by atoms with E-state index in [2.05, 4.69) is 10.1 Å². The van der Waals surface area contributed by atoms with Crippen LogP contribution in [0, 0.1) is 18.3 Å². The molecule has 0 aliphatic carbocycles. The van der Waals surface area contributed by atoms with Crippen LogP contribution < -0.4 is 0 Å². The Hall–Kier alpha value is -3.73. The molecule has 0 N–H and O–H groups in total. The number of amides is 1. The first-order valence-electron chi connectivity index (χ1n) is 8.21. The lowest BCUT2D eigenvalue weighted by Gasteiger charge is -2.09. The molecule has 2 heterocycles. The number of carbonyl (C=O) groups excluding carboxylic acids is 1. The lowest BCUT2D eigenvalue weighted by atomic mass is 9.96. The van der Waals surface area contributed by atoms with Crippen LogP contribution in [0.2, 0.25) is 0 Å². The number of hydrogen-bond donors (Lipinski definition) is 0. The average Bonchev–Trinajstić information content (AvgIpc) is 3.17. The molecule has 28 heavy (non-hydrogen) atoms. The van der Waals surface area contributed by atoms with Crippen LogP contribution in [0.1, 0.15) is 28.1 Å². The van der Waals surface area contributed by atoms with Gasteiger partial charge in [0.25, 0.3) is 0 Å². The van der Waals surface area contributed by atoms with Gasteiger partial charge in [0.2, 0.25) is 0 Å².